The molecule has 9 nitrogen and oxygen atoms in total. The molecule has 2 N–H and O–H groups in total. The molecule has 0 saturated heterocycles. The summed E-state index contributed by atoms with van der Waals surface area (Å²) in [6.45, 7) is 0. The van der Waals surface area contributed by atoms with Crippen LogP contribution in [0.2, 0.25) is 5.02 Å². The fraction of sp³-hybridized carbons (Fsp3) is 0.192. The number of aromatic amines is 1. The predicted octanol–water partition coefficient (Wildman–Crippen LogP) is 3.38. The van der Waals surface area contributed by atoms with Gasteiger partial charge in [-0.2, -0.15) is 23.4 Å². The number of nitrogens with one attached hydrogen (secondary N) is 1. The number of carbonyl (C=O) groups excluding carboxylic acids is 1. The summed E-state index contributed by atoms with van der Waals surface area (Å²) < 4.78 is 47.7. The van der Waals surface area contributed by atoms with Crippen molar-refractivity contribution in [1.29, 1.82) is 0 Å². The Kier molecular flexibility index (Phi) is 7.34. The number of aromatic hydroxyl groups is 1. The van der Waals surface area contributed by atoms with Crippen LogP contribution in [0.1, 0.15) is 33.3 Å². The molecule has 5 rings (SSSR count). The summed E-state index contributed by atoms with van der Waals surface area (Å²) in [7, 11) is 1.14. The summed E-state index contributed by atoms with van der Waals surface area (Å²) in [5.41, 5.74) is 0.253. The van der Waals surface area contributed by atoms with Crippen LogP contribution >= 0.6 is 22.9 Å². The van der Waals surface area contributed by atoms with Crippen molar-refractivity contribution in [2.75, 3.05) is 7.11 Å². The van der Waals surface area contributed by atoms with Crippen LogP contribution in [-0.2, 0) is 28.5 Å². The Hall–Kier alpha value is -4.23. The first-order valence-corrected chi connectivity index (χ1v) is 12.9. The number of halogens is 4. The largest absolute Gasteiger partial charge is 0.493 e. The number of hydrogen-bond acceptors (Lipinski definition) is 8. The van der Waals surface area contributed by atoms with Crippen LogP contribution in [0.15, 0.2) is 63.9 Å². The average Bonchev–Trinajstić information content (AvgIpc) is 3.66. The number of carbonyl (C=O) groups is 1. The Balaban J connectivity index is 1.72. The fourth-order valence-corrected chi connectivity index (χ4v) is 5.59. The zero-order valence-corrected chi connectivity index (χ0v) is 22.1. The van der Waals surface area contributed by atoms with Gasteiger partial charge in [-0.3, -0.25) is 9.36 Å². The number of methoxy groups -OCH3 is 1. The van der Waals surface area contributed by atoms with Crippen molar-refractivity contribution in [3.8, 4) is 5.88 Å². The summed E-state index contributed by atoms with van der Waals surface area (Å²) >= 11 is 6.48. The lowest BCUT2D eigenvalue weighted by Crippen LogP contribution is -2.29. The standard InChI is InChI=1S/C26H19ClF3N5O4S/c1-39-24(37)21(9-17-11-31-12-32-17)35-23(36)22(40-25(35)38)18(13-3-5-20-15(6-13)10-33-34-20)7-14-2-4-16(27)8-19(14)26(28,29)30/h2-6,8,10-12,21,36H,7,9H2,1H3,(H,31,32). The number of thiazole rings is 1. The lowest BCUT2D eigenvalue weighted by molar-refractivity contribution is -0.144. The van der Waals surface area contributed by atoms with Crippen LogP contribution in [0.3, 0.4) is 0 Å². The number of hydrogen-bond donors (Lipinski definition) is 2. The molecule has 1 unspecified atom stereocenters. The summed E-state index contributed by atoms with van der Waals surface area (Å²) in [5.74, 6) is -1.38. The van der Waals surface area contributed by atoms with Gasteiger partial charge in [-0.25, -0.2) is 9.78 Å². The summed E-state index contributed by atoms with van der Waals surface area (Å²) in [4.78, 5) is 32.0. The minimum absolute atomic E-state index is 0.00147. The lowest BCUT2D eigenvalue weighted by Gasteiger charge is -2.17. The van der Waals surface area contributed by atoms with Crippen molar-refractivity contribution in [1.82, 2.24) is 14.5 Å². The van der Waals surface area contributed by atoms with Crippen LogP contribution in [0.5, 0.6) is 5.88 Å². The third kappa shape index (κ3) is 5.29. The molecule has 0 bridgehead atoms. The molecule has 0 fully saturated rings. The number of rotatable bonds is 7. The third-order valence-electron chi connectivity index (χ3n) is 6.33. The SMILES string of the molecule is COC(=O)C(Cc1cnc[nH]1)n1c(O)c(C(Cc2ccc(Cl)cc2C(F)(F)F)=c2ccc3c(c2)C=NN=3)sc1=O. The van der Waals surface area contributed by atoms with Crippen molar-refractivity contribution in [3.63, 3.8) is 0 Å². The fourth-order valence-electron chi connectivity index (χ4n) is 4.43. The Morgan fingerprint density at radius 2 is 2.05 bits per heavy atom. The zero-order valence-electron chi connectivity index (χ0n) is 20.6. The Bertz CT molecular complexity index is 1810. The number of aromatic nitrogens is 3. The number of imidazole rings is 1. The van der Waals surface area contributed by atoms with Gasteiger partial charge < -0.3 is 14.8 Å². The highest BCUT2D eigenvalue weighted by Crippen LogP contribution is 2.38. The topological polar surface area (TPSA) is 122 Å². The maximum Gasteiger partial charge on any atom is 0.416 e. The zero-order chi connectivity index (χ0) is 28.6. The number of alkyl halides is 3. The van der Waals surface area contributed by atoms with Crippen LogP contribution in [0.4, 0.5) is 13.2 Å². The second-order valence-corrected chi connectivity index (χ2v) is 10.2. The van der Waals surface area contributed by atoms with Crippen molar-refractivity contribution in [2.24, 2.45) is 10.2 Å². The van der Waals surface area contributed by atoms with Gasteiger partial charge in [-0.05, 0) is 40.6 Å². The highest BCUT2D eigenvalue weighted by Gasteiger charge is 2.35. The molecule has 2 aromatic carbocycles. The van der Waals surface area contributed by atoms with E-state index >= 15 is 0 Å². The minimum Gasteiger partial charge on any atom is -0.493 e. The van der Waals surface area contributed by atoms with Crippen molar-refractivity contribution in [2.45, 2.75) is 25.1 Å². The molecule has 1 atom stereocenters. The molecule has 0 aliphatic carbocycles. The quantitative estimate of drug-likeness (QED) is 0.320. The second kappa shape index (κ2) is 10.7. The van der Waals surface area contributed by atoms with E-state index in [1.54, 1.807) is 18.2 Å². The molecule has 2 aromatic heterocycles. The molecule has 0 radical (unpaired) electrons. The Labute approximate surface area is 232 Å². The molecule has 0 amide bonds. The van der Waals surface area contributed by atoms with E-state index in [0.29, 0.717) is 33.2 Å². The van der Waals surface area contributed by atoms with E-state index < -0.39 is 34.5 Å². The normalized spacial score (nSPS) is 14.0. The van der Waals surface area contributed by atoms with E-state index in [9.17, 15) is 27.9 Å². The third-order valence-corrected chi connectivity index (χ3v) is 7.57. The van der Waals surface area contributed by atoms with Gasteiger partial charge in [0.05, 0.1) is 35.4 Å². The molecule has 0 spiro atoms. The van der Waals surface area contributed by atoms with E-state index in [0.717, 1.165) is 17.7 Å². The number of ether oxygens (including phenoxy) is 1. The summed E-state index contributed by atoms with van der Waals surface area (Å²) in [5, 5.41) is 20.1. The number of esters is 1. The van der Waals surface area contributed by atoms with Crippen LogP contribution in [0.25, 0.3) is 5.57 Å². The monoisotopic (exact) mass is 589 g/mol. The molecule has 1 aliphatic heterocycles. The van der Waals surface area contributed by atoms with E-state index in [1.807, 2.05) is 0 Å². The molecule has 14 heteroatoms. The van der Waals surface area contributed by atoms with Crippen LogP contribution < -0.4 is 15.4 Å². The van der Waals surface area contributed by atoms with Crippen LogP contribution in [0, 0.1) is 0 Å². The van der Waals surface area contributed by atoms with Crippen LogP contribution in [-0.4, -0.2) is 38.9 Å². The smallest absolute Gasteiger partial charge is 0.416 e. The van der Waals surface area contributed by atoms with Gasteiger partial charge in [0.15, 0.2) is 0 Å². The highest BCUT2D eigenvalue weighted by molar-refractivity contribution is 7.10. The molecule has 0 saturated carbocycles. The molecule has 40 heavy (non-hydrogen) atoms. The second-order valence-electron chi connectivity index (χ2n) is 8.78. The maximum absolute atomic E-state index is 14.0. The Morgan fingerprint density at radius 1 is 1.25 bits per heavy atom. The number of fused-ring (bicyclic) bond motifs is 1. The van der Waals surface area contributed by atoms with Gasteiger partial charge in [-0.15, -0.1) is 0 Å². The van der Waals surface area contributed by atoms with Gasteiger partial charge in [0.2, 0.25) is 5.88 Å². The van der Waals surface area contributed by atoms with Crippen molar-refractivity contribution < 1.29 is 27.8 Å². The Morgan fingerprint density at radius 3 is 2.75 bits per heavy atom. The van der Waals surface area contributed by atoms with E-state index in [2.05, 4.69) is 20.2 Å². The molecule has 4 aromatic rings. The predicted molar refractivity (Wildman–Crippen MR) is 141 cm³/mol. The molecule has 1 aliphatic rings. The van der Waals surface area contributed by atoms with Gasteiger partial charge >= 0.3 is 17.0 Å². The maximum atomic E-state index is 14.0. The van der Waals surface area contributed by atoms with Gasteiger partial charge in [0.1, 0.15) is 6.04 Å². The first kappa shape index (κ1) is 27.3. The summed E-state index contributed by atoms with van der Waals surface area (Å²) in [6, 6.07) is 7.06. The molecule has 206 valence electrons. The number of H-pyrrole nitrogens is 1. The van der Waals surface area contributed by atoms with E-state index in [1.165, 1.54) is 30.9 Å². The van der Waals surface area contributed by atoms with Gasteiger partial charge in [0, 0.05) is 35.3 Å². The molecular formula is C26H19ClF3N5O4S. The van der Waals surface area contributed by atoms with Gasteiger partial charge in [0.25, 0.3) is 0 Å². The average molecular weight is 590 g/mol. The molecular weight excluding hydrogens is 571 g/mol. The lowest BCUT2D eigenvalue weighted by atomic mass is 9.96. The van der Waals surface area contributed by atoms with E-state index in [4.69, 9.17) is 16.3 Å². The summed E-state index contributed by atoms with van der Waals surface area (Å²) in [6.07, 6.45) is -0.751. The van der Waals surface area contributed by atoms with Crippen molar-refractivity contribution >= 4 is 40.7 Å². The number of benzene rings is 2. The van der Waals surface area contributed by atoms with E-state index in [-0.39, 0.29) is 33.9 Å². The number of nitrogens with zero attached hydrogens (tertiary/aromatic N) is 4. The molecule has 3 heterocycles. The minimum atomic E-state index is -4.71. The van der Waals surface area contributed by atoms with Gasteiger partial charge in [-0.1, -0.05) is 35.1 Å². The first-order chi connectivity index (χ1) is 19.1. The van der Waals surface area contributed by atoms with Crippen molar-refractivity contribution in [3.05, 3.63) is 101 Å². The first-order valence-electron chi connectivity index (χ1n) is 11.7. The highest BCUT2D eigenvalue weighted by atomic mass is 35.5.